The van der Waals surface area contributed by atoms with Crippen molar-refractivity contribution in [3.63, 3.8) is 0 Å². The van der Waals surface area contributed by atoms with Crippen LogP contribution in [0.2, 0.25) is 0 Å². The van der Waals surface area contributed by atoms with Crippen molar-refractivity contribution in [2.24, 2.45) is 5.92 Å². The minimum atomic E-state index is -0.202. The molecule has 0 bridgehead atoms. The van der Waals surface area contributed by atoms with E-state index in [9.17, 15) is 9.59 Å². The van der Waals surface area contributed by atoms with Crippen molar-refractivity contribution < 1.29 is 9.59 Å². The van der Waals surface area contributed by atoms with Gasteiger partial charge in [-0.2, -0.15) is 0 Å². The molecule has 0 spiro atoms. The second-order valence-electron chi connectivity index (χ2n) is 4.47. The molecule has 2 saturated heterocycles. The van der Waals surface area contributed by atoms with Gasteiger partial charge in [0.25, 0.3) is 0 Å². The first-order chi connectivity index (χ1) is 7.65. The Hall–Kier alpha value is -1.14. The number of hydrazine groups is 1. The molecule has 0 aliphatic carbocycles. The van der Waals surface area contributed by atoms with Gasteiger partial charge in [-0.15, -0.1) is 0 Å². The SMILES string of the molecule is CN1CCN(NC(=O)C2CNC(=O)C2)CC1. The van der Waals surface area contributed by atoms with Gasteiger partial charge in [0.15, 0.2) is 0 Å². The van der Waals surface area contributed by atoms with Crippen LogP contribution in [-0.4, -0.2) is 61.5 Å². The van der Waals surface area contributed by atoms with E-state index in [1.54, 1.807) is 0 Å². The second-order valence-corrected chi connectivity index (χ2v) is 4.47. The zero-order valence-corrected chi connectivity index (χ0v) is 9.53. The predicted octanol–water partition coefficient (Wildman–Crippen LogP) is -1.60. The molecule has 2 fully saturated rings. The number of carbonyl (C=O) groups excluding carboxylic acids is 2. The first-order valence-electron chi connectivity index (χ1n) is 5.66. The van der Waals surface area contributed by atoms with Crippen LogP contribution in [0, 0.1) is 5.92 Å². The van der Waals surface area contributed by atoms with Crippen LogP contribution in [0.3, 0.4) is 0 Å². The highest BCUT2D eigenvalue weighted by atomic mass is 16.2. The number of rotatable bonds is 2. The second kappa shape index (κ2) is 4.80. The van der Waals surface area contributed by atoms with E-state index < -0.39 is 0 Å². The van der Waals surface area contributed by atoms with E-state index in [4.69, 9.17) is 0 Å². The summed E-state index contributed by atoms with van der Waals surface area (Å²) in [5, 5.41) is 4.60. The molecule has 2 heterocycles. The molecule has 2 N–H and O–H groups in total. The van der Waals surface area contributed by atoms with E-state index in [1.165, 1.54) is 0 Å². The van der Waals surface area contributed by atoms with E-state index in [-0.39, 0.29) is 17.7 Å². The zero-order valence-electron chi connectivity index (χ0n) is 9.53. The standard InChI is InChI=1S/C10H18N4O2/c1-13-2-4-14(5-3-13)12-10(16)8-6-9(15)11-7-8/h8H,2-7H2,1H3,(H,11,15)(H,12,16). The van der Waals surface area contributed by atoms with Gasteiger partial charge < -0.3 is 10.2 Å². The number of likely N-dealkylation sites (N-methyl/N-ethyl adjacent to an activating group) is 1. The van der Waals surface area contributed by atoms with Gasteiger partial charge in [-0.3, -0.25) is 15.0 Å². The van der Waals surface area contributed by atoms with Gasteiger partial charge in [0, 0.05) is 39.1 Å². The summed E-state index contributed by atoms with van der Waals surface area (Å²) in [6.07, 6.45) is 0.319. The lowest BCUT2D eigenvalue weighted by Gasteiger charge is -2.32. The molecular weight excluding hydrogens is 208 g/mol. The van der Waals surface area contributed by atoms with E-state index in [0.717, 1.165) is 26.2 Å². The number of piperazine rings is 1. The van der Waals surface area contributed by atoms with E-state index in [0.29, 0.717) is 13.0 Å². The van der Waals surface area contributed by atoms with Gasteiger partial charge in [-0.1, -0.05) is 0 Å². The Labute approximate surface area is 94.9 Å². The smallest absolute Gasteiger partial charge is 0.239 e. The summed E-state index contributed by atoms with van der Waals surface area (Å²) in [6, 6.07) is 0. The Morgan fingerprint density at radius 1 is 1.38 bits per heavy atom. The topological polar surface area (TPSA) is 64.7 Å². The van der Waals surface area contributed by atoms with Crippen LogP contribution in [0.4, 0.5) is 0 Å². The number of carbonyl (C=O) groups is 2. The third kappa shape index (κ3) is 2.70. The molecule has 0 radical (unpaired) electrons. The number of amides is 2. The van der Waals surface area contributed by atoms with Gasteiger partial charge in [0.2, 0.25) is 11.8 Å². The minimum absolute atomic E-state index is 0.0291. The molecule has 2 rings (SSSR count). The highest BCUT2D eigenvalue weighted by molar-refractivity contribution is 5.88. The van der Waals surface area contributed by atoms with Crippen molar-refractivity contribution in [2.45, 2.75) is 6.42 Å². The largest absolute Gasteiger partial charge is 0.355 e. The number of nitrogens with zero attached hydrogens (tertiary/aromatic N) is 2. The molecule has 2 amide bonds. The summed E-state index contributed by atoms with van der Waals surface area (Å²) in [4.78, 5) is 25.0. The van der Waals surface area contributed by atoms with Crippen LogP contribution in [0.1, 0.15) is 6.42 Å². The maximum Gasteiger partial charge on any atom is 0.239 e. The molecule has 1 unspecified atom stereocenters. The molecule has 6 heteroatoms. The highest BCUT2D eigenvalue weighted by Crippen LogP contribution is 2.09. The lowest BCUT2D eigenvalue weighted by molar-refractivity contribution is -0.131. The van der Waals surface area contributed by atoms with Gasteiger partial charge in [0.05, 0.1) is 5.92 Å². The van der Waals surface area contributed by atoms with Gasteiger partial charge in [-0.05, 0) is 7.05 Å². The van der Waals surface area contributed by atoms with Crippen LogP contribution in [0.5, 0.6) is 0 Å². The molecule has 2 aliphatic rings. The number of hydrogen-bond acceptors (Lipinski definition) is 4. The quantitative estimate of drug-likeness (QED) is 0.595. The van der Waals surface area contributed by atoms with E-state index in [1.807, 2.05) is 5.01 Å². The third-order valence-electron chi connectivity index (χ3n) is 3.12. The fourth-order valence-corrected chi connectivity index (χ4v) is 1.96. The maximum atomic E-state index is 11.8. The fraction of sp³-hybridized carbons (Fsp3) is 0.800. The van der Waals surface area contributed by atoms with Crippen molar-refractivity contribution in [3.8, 4) is 0 Å². The first kappa shape index (κ1) is 11.3. The lowest BCUT2D eigenvalue weighted by atomic mass is 10.1. The van der Waals surface area contributed by atoms with Crippen molar-refractivity contribution in [1.82, 2.24) is 20.7 Å². The van der Waals surface area contributed by atoms with Crippen LogP contribution in [0.15, 0.2) is 0 Å². The van der Waals surface area contributed by atoms with Crippen LogP contribution >= 0.6 is 0 Å². The van der Waals surface area contributed by atoms with Crippen molar-refractivity contribution in [1.29, 1.82) is 0 Å². The van der Waals surface area contributed by atoms with E-state index in [2.05, 4.69) is 22.7 Å². The molecule has 0 aromatic rings. The maximum absolute atomic E-state index is 11.8. The normalized spacial score (nSPS) is 27.8. The summed E-state index contributed by atoms with van der Waals surface area (Å²) in [5.41, 5.74) is 2.88. The van der Waals surface area contributed by atoms with Crippen LogP contribution in [0.25, 0.3) is 0 Å². The molecule has 0 aromatic carbocycles. The Balaban J connectivity index is 1.77. The molecule has 2 aliphatic heterocycles. The van der Waals surface area contributed by atoms with Crippen molar-refractivity contribution in [2.75, 3.05) is 39.8 Å². The molecule has 0 aromatic heterocycles. The monoisotopic (exact) mass is 226 g/mol. The molecule has 1 atom stereocenters. The Morgan fingerprint density at radius 3 is 2.62 bits per heavy atom. The van der Waals surface area contributed by atoms with E-state index >= 15 is 0 Å². The molecule has 6 nitrogen and oxygen atoms in total. The highest BCUT2D eigenvalue weighted by Gasteiger charge is 2.29. The Bertz CT molecular complexity index is 287. The average molecular weight is 226 g/mol. The summed E-state index contributed by atoms with van der Waals surface area (Å²) in [7, 11) is 2.07. The fourth-order valence-electron chi connectivity index (χ4n) is 1.96. The summed E-state index contributed by atoms with van der Waals surface area (Å²) in [6.45, 7) is 4.08. The van der Waals surface area contributed by atoms with Crippen LogP contribution in [-0.2, 0) is 9.59 Å². The molecule has 90 valence electrons. The predicted molar refractivity (Wildman–Crippen MR) is 58.3 cm³/mol. The number of hydrogen-bond donors (Lipinski definition) is 2. The van der Waals surface area contributed by atoms with Crippen molar-refractivity contribution >= 4 is 11.8 Å². The molecular formula is C10H18N4O2. The Morgan fingerprint density at radius 2 is 2.06 bits per heavy atom. The zero-order chi connectivity index (χ0) is 11.5. The summed E-state index contributed by atoms with van der Waals surface area (Å²) < 4.78 is 0. The van der Waals surface area contributed by atoms with Gasteiger partial charge in [-0.25, -0.2) is 5.01 Å². The third-order valence-corrected chi connectivity index (χ3v) is 3.12. The summed E-state index contributed by atoms with van der Waals surface area (Å²) >= 11 is 0. The molecule has 0 saturated carbocycles. The molecule has 16 heavy (non-hydrogen) atoms. The van der Waals surface area contributed by atoms with Gasteiger partial charge in [0.1, 0.15) is 0 Å². The van der Waals surface area contributed by atoms with Crippen LogP contribution < -0.4 is 10.7 Å². The average Bonchev–Trinajstić information content (AvgIpc) is 2.68. The summed E-state index contributed by atoms with van der Waals surface area (Å²) in [5.74, 6) is -0.270. The minimum Gasteiger partial charge on any atom is -0.355 e. The van der Waals surface area contributed by atoms with Crippen molar-refractivity contribution in [3.05, 3.63) is 0 Å². The van der Waals surface area contributed by atoms with Gasteiger partial charge >= 0.3 is 0 Å². The Kier molecular flexibility index (Phi) is 3.40. The number of nitrogens with one attached hydrogen (secondary N) is 2. The lowest BCUT2D eigenvalue weighted by Crippen LogP contribution is -2.53. The first-order valence-corrected chi connectivity index (χ1v) is 5.66.